The van der Waals surface area contributed by atoms with Gasteiger partial charge in [-0.25, -0.2) is 5.48 Å². The summed E-state index contributed by atoms with van der Waals surface area (Å²) in [5.74, 6) is 1.49. The summed E-state index contributed by atoms with van der Waals surface area (Å²) in [5, 5.41) is 8.65. The van der Waals surface area contributed by atoms with E-state index in [0.29, 0.717) is 6.54 Å². The van der Waals surface area contributed by atoms with Gasteiger partial charge in [-0.05, 0) is 40.0 Å². The summed E-state index contributed by atoms with van der Waals surface area (Å²) in [6, 6.07) is 1.91. The molecule has 1 aromatic rings. The molecular formula is C9H10BrNO3. The van der Waals surface area contributed by atoms with Crippen molar-refractivity contribution in [3.05, 3.63) is 21.7 Å². The Morgan fingerprint density at radius 3 is 2.93 bits per heavy atom. The van der Waals surface area contributed by atoms with E-state index in [1.807, 2.05) is 13.0 Å². The zero-order valence-electron chi connectivity index (χ0n) is 7.63. The van der Waals surface area contributed by atoms with E-state index < -0.39 is 0 Å². The molecule has 2 N–H and O–H groups in total. The summed E-state index contributed by atoms with van der Waals surface area (Å²) in [7, 11) is 0. The molecule has 0 aliphatic carbocycles. The molecule has 0 unspecified atom stereocenters. The van der Waals surface area contributed by atoms with Gasteiger partial charge in [0, 0.05) is 6.54 Å². The van der Waals surface area contributed by atoms with Crippen molar-refractivity contribution in [2.45, 2.75) is 13.5 Å². The molecule has 0 saturated carbocycles. The van der Waals surface area contributed by atoms with Crippen LogP contribution in [0, 0.1) is 6.92 Å². The monoisotopic (exact) mass is 259 g/mol. The summed E-state index contributed by atoms with van der Waals surface area (Å²) in [6.45, 7) is 2.58. The van der Waals surface area contributed by atoms with E-state index in [1.54, 1.807) is 0 Å². The van der Waals surface area contributed by atoms with Crippen LogP contribution in [-0.2, 0) is 6.54 Å². The fourth-order valence-corrected chi connectivity index (χ4v) is 2.05. The first-order valence-electron chi connectivity index (χ1n) is 4.18. The molecular weight excluding hydrogens is 250 g/mol. The van der Waals surface area contributed by atoms with E-state index in [-0.39, 0.29) is 6.79 Å². The van der Waals surface area contributed by atoms with Crippen molar-refractivity contribution in [2.24, 2.45) is 0 Å². The third kappa shape index (κ3) is 1.47. The molecule has 0 radical (unpaired) electrons. The van der Waals surface area contributed by atoms with Gasteiger partial charge in [-0.15, -0.1) is 0 Å². The molecule has 0 saturated heterocycles. The molecule has 14 heavy (non-hydrogen) atoms. The number of ether oxygens (including phenoxy) is 2. The normalized spacial score (nSPS) is 13.4. The molecule has 0 aromatic heterocycles. The van der Waals surface area contributed by atoms with Crippen molar-refractivity contribution in [2.75, 3.05) is 6.79 Å². The smallest absolute Gasteiger partial charge is 0.231 e. The van der Waals surface area contributed by atoms with Gasteiger partial charge in [0.25, 0.3) is 0 Å². The maximum Gasteiger partial charge on any atom is 0.231 e. The second kappa shape index (κ2) is 3.76. The summed E-state index contributed by atoms with van der Waals surface area (Å²) in [4.78, 5) is 0. The zero-order valence-corrected chi connectivity index (χ0v) is 9.22. The predicted molar refractivity (Wildman–Crippen MR) is 53.6 cm³/mol. The lowest BCUT2D eigenvalue weighted by atomic mass is 10.1. The molecule has 0 amide bonds. The van der Waals surface area contributed by atoms with Crippen molar-refractivity contribution >= 4 is 15.9 Å². The Labute approximate surface area is 89.9 Å². The Kier molecular flexibility index (Phi) is 2.62. The molecule has 0 bridgehead atoms. The van der Waals surface area contributed by atoms with Gasteiger partial charge in [0.15, 0.2) is 11.5 Å². The van der Waals surface area contributed by atoms with Gasteiger partial charge in [0.05, 0.1) is 4.47 Å². The molecule has 1 aliphatic heterocycles. The van der Waals surface area contributed by atoms with Crippen LogP contribution in [0.1, 0.15) is 11.1 Å². The second-order valence-electron chi connectivity index (χ2n) is 3.04. The van der Waals surface area contributed by atoms with Crippen molar-refractivity contribution in [3.63, 3.8) is 0 Å². The highest BCUT2D eigenvalue weighted by Gasteiger charge is 2.21. The Hall–Kier alpha value is -0.780. The molecule has 4 nitrogen and oxygen atoms in total. The molecule has 1 aliphatic rings. The van der Waals surface area contributed by atoms with E-state index in [2.05, 4.69) is 21.4 Å². The topological polar surface area (TPSA) is 50.7 Å². The van der Waals surface area contributed by atoms with E-state index >= 15 is 0 Å². The Morgan fingerprint density at radius 2 is 2.21 bits per heavy atom. The van der Waals surface area contributed by atoms with Crippen LogP contribution in [0.2, 0.25) is 0 Å². The minimum atomic E-state index is 0.255. The van der Waals surface area contributed by atoms with Crippen LogP contribution in [0.3, 0.4) is 0 Å². The summed E-state index contributed by atoms with van der Waals surface area (Å²) in [6.07, 6.45) is 0. The van der Waals surface area contributed by atoms with Crippen LogP contribution < -0.4 is 15.0 Å². The average molecular weight is 260 g/mol. The highest BCUT2D eigenvalue weighted by atomic mass is 79.9. The molecule has 76 valence electrons. The summed E-state index contributed by atoms with van der Waals surface area (Å²) < 4.78 is 11.5. The SMILES string of the molecule is Cc1c(CNO)cc(Br)c2c1OCO2. The zero-order chi connectivity index (χ0) is 10.1. The molecule has 5 heteroatoms. The number of benzene rings is 1. The fourth-order valence-electron chi connectivity index (χ4n) is 1.48. The van der Waals surface area contributed by atoms with Crippen molar-refractivity contribution in [3.8, 4) is 11.5 Å². The number of hydrogen-bond acceptors (Lipinski definition) is 4. The first kappa shape index (κ1) is 9.76. The van der Waals surface area contributed by atoms with Crippen LogP contribution in [0.4, 0.5) is 0 Å². The maximum absolute atomic E-state index is 8.65. The van der Waals surface area contributed by atoms with E-state index in [1.165, 1.54) is 0 Å². The van der Waals surface area contributed by atoms with Gasteiger partial charge >= 0.3 is 0 Å². The second-order valence-corrected chi connectivity index (χ2v) is 3.90. The van der Waals surface area contributed by atoms with Crippen molar-refractivity contribution < 1.29 is 14.7 Å². The molecule has 1 heterocycles. The van der Waals surface area contributed by atoms with Crippen molar-refractivity contribution in [1.82, 2.24) is 5.48 Å². The summed E-state index contributed by atoms with van der Waals surface area (Å²) in [5.41, 5.74) is 4.09. The van der Waals surface area contributed by atoms with Crippen LogP contribution in [0.15, 0.2) is 10.5 Å². The van der Waals surface area contributed by atoms with Gasteiger partial charge in [0.1, 0.15) is 0 Å². The first-order chi connectivity index (χ1) is 6.74. The van der Waals surface area contributed by atoms with E-state index in [9.17, 15) is 0 Å². The quantitative estimate of drug-likeness (QED) is 0.798. The lowest BCUT2D eigenvalue weighted by molar-refractivity contribution is 0.160. The predicted octanol–water partition coefficient (Wildman–Crippen LogP) is 1.97. The number of halogens is 1. The number of hydrogen-bond donors (Lipinski definition) is 2. The Bertz CT molecular complexity index is 368. The Morgan fingerprint density at radius 1 is 1.50 bits per heavy atom. The first-order valence-corrected chi connectivity index (χ1v) is 4.98. The average Bonchev–Trinajstić information content (AvgIpc) is 2.63. The van der Waals surface area contributed by atoms with Crippen LogP contribution in [-0.4, -0.2) is 12.0 Å². The van der Waals surface area contributed by atoms with Crippen LogP contribution in [0.25, 0.3) is 0 Å². The lowest BCUT2D eigenvalue weighted by Gasteiger charge is -2.09. The van der Waals surface area contributed by atoms with Gasteiger partial charge in [-0.2, -0.15) is 0 Å². The van der Waals surface area contributed by atoms with Crippen LogP contribution >= 0.6 is 15.9 Å². The third-order valence-electron chi connectivity index (χ3n) is 2.22. The highest BCUT2D eigenvalue weighted by molar-refractivity contribution is 9.10. The van der Waals surface area contributed by atoms with Gasteiger partial charge < -0.3 is 14.7 Å². The van der Waals surface area contributed by atoms with Gasteiger partial charge in [0.2, 0.25) is 6.79 Å². The summed E-state index contributed by atoms with van der Waals surface area (Å²) >= 11 is 3.39. The molecule has 0 spiro atoms. The van der Waals surface area contributed by atoms with E-state index in [0.717, 1.165) is 27.1 Å². The lowest BCUT2D eigenvalue weighted by Crippen LogP contribution is -2.07. The minimum absolute atomic E-state index is 0.255. The highest BCUT2D eigenvalue weighted by Crippen LogP contribution is 2.43. The maximum atomic E-state index is 8.65. The minimum Gasteiger partial charge on any atom is -0.453 e. The van der Waals surface area contributed by atoms with E-state index in [4.69, 9.17) is 14.7 Å². The third-order valence-corrected chi connectivity index (χ3v) is 2.81. The largest absolute Gasteiger partial charge is 0.453 e. The molecule has 2 rings (SSSR count). The molecule has 0 atom stereocenters. The Balaban J connectivity index is 2.50. The standard InChI is InChI=1S/C9H10BrNO3/c1-5-6(3-11-12)2-7(10)9-8(5)13-4-14-9/h2,11-12H,3-4H2,1H3. The number of rotatable bonds is 2. The molecule has 1 aromatic carbocycles. The van der Waals surface area contributed by atoms with Crippen molar-refractivity contribution in [1.29, 1.82) is 0 Å². The fraction of sp³-hybridized carbons (Fsp3) is 0.333. The van der Waals surface area contributed by atoms with Gasteiger partial charge in [-0.1, -0.05) is 0 Å². The number of hydroxylamine groups is 1. The van der Waals surface area contributed by atoms with Crippen LogP contribution in [0.5, 0.6) is 11.5 Å². The number of fused-ring (bicyclic) bond motifs is 1. The number of nitrogens with one attached hydrogen (secondary N) is 1. The molecule has 0 fully saturated rings. The van der Waals surface area contributed by atoms with Gasteiger partial charge in [-0.3, -0.25) is 0 Å².